The number of rotatable bonds is 8. The van der Waals surface area contributed by atoms with Gasteiger partial charge in [0, 0.05) is 50.5 Å². The summed E-state index contributed by atoms with van der Waals surface area (Å²) in [6.07, 6.45) is 0. The van der Waals surface area contributed by atoms with Crippen molar-refractivity contribution < 1.29 is 19.2 Å². The number of nitrogens with one attached hydrogen (secondary N) is 1. The first-order valence-electron chi connectivity index (χ1n) is 10.4. The molecule has 2 amide bonds. The number of carbonyl (C=O) groups excluding carboxylic acids is 2. The van der Waals surface area contributed by atoms with Gasteiger partial charge in [-0.1, -0.05) is 29.4 Å². The van der Waals surface area contributed by atoms with E-state index in [0.717, 1.165) is 44.0 Å². The van der Waals surface area contributed by atoms with Gasteiger partial charge in [0.25, 0.3) is 11.8 Å². The molecule has 3 rings (SSSR count). The lowest BCUT2D eigenvalue weighted by Crippen LogP contribution is -2.35. The Morgan fingerprint density at radius 3 is 2.59 bits per heavy atom. The number of nitrogens with zero attached hydrogens (tertiary/aromatic N) is 3. The maximum atomic E-state index is 12.2. The monoisotopic (exact) mass is 439 g/mol. The van der Waals surface area contributed by atoms with Crippen molar-refractivity contribution in [1.29, 1.82) is 0 Å². The van der Waals surface area contributed by atoms with Crippen LogP contribution in [-0.4, -0.2) is 74.5 Å². The van der Waals surface area contributed by atoms with Crippen molar-refractivity contribution in [2.24, 2.45) is 10.9 Å². The van der Waals surface area contributed by atoms with Crippen LogP contribution in [0.5, 0.6) is 0 Å². The first kappa shape index (κ1) is 23.2. The molecule has 32 heavy (non-hydrogen) atoms. The molecule has 1 saturated heterocycles. The van der Waals surface area contributed by atoms with Crippen molar-refractivity contribution in [3.05, 3.63) is 65.2 Å². The van der Waals surface area contributed by atoms with Crippen LogP contribution in [0.15, 0.2) is 53.7 Å². The molecule has 1 fully saturated rings. The van der Waals surface area contributed by atoms with Crippen LogP contribution in [-0.2, 0) is 20.9 Å². The van der Waals surface area contributed by atoms with Crippen LogP contribution in [0.2, 0.25) is 0 Å². The van der Waals surface area contributed by atoms with Crippen LogP contribution in [0.25, 0.3) is 0 Å². The van der Waals surface area contributed by atoms with Crippen molar-refractivity contribution in [2.45, 2.75) is 6.54 Å². The number of ether oxygens (including phenoxy) is 1. The van der Waals surface area contributed by atoms with Gasteiger partial charge >= 0.3 is 0 Å². The number of morpholine rings is 1. The molecule has 0 saturated carbocycles. The molecule has 0 spiro atoms. The Morgan fingerprint density at radius 1 is 1.12 bits per heavy atom. The van der Waals surface area contributed by atoms with Crippen LogP contribution in [0.1, 0.15) is 21.5 Å². The number of nitrogens with two attached hydrogens (primary N) is 1. The van der Waals surface area contributed by atoms with Crippen molar-refractivity contribution >= 4 is 23.3 Å². The lowest BCUT2D eigenvalue weighted by molar-refractivity contribution is -0.120. The van der Waals surface area contributed by atoms with E-state index in [9.17, 15) is 9.59 Å². The average Bonchev–Trinajstić information content (AvgIpc) is 2.79. The minimum absolute atomic E-state index is 0.148. The van der Waals surface area contributed by atoms with E-state index in [4.69, 9.17) is 15.3 Å². The number of hydrogen-bond donors (Lipinski definition) is 2. The molecule has 170 valence electrons. The van der Waals surface area contributed by atoms with E-state index in [2.05, 4.69) is 15.4 Å². The van der Waals surface area contributed by atoms with Gasteiger partial charge in [0.05, 0.1) is 13.2 Å². The van der Waals surface area contributed by atoms with E-state index in [1.165, 1.54) is 4.90 Å². The molecule has 9 heteroatoms. The van der Waals surface area contributed by atoms with Crippen molar-refractivity contribution in [3.8, 4) is 0 Å². The molecule has 0 bridgehead atoms. The zero-order valence-corrected chi connectivity index (χ0v) is 18.4. The molecule has 0 aromatic heterocycles. The summed E-state index contributed by atoms with van der Waals surface area (Å²) in [4.78, 5) is 33.1. The van der Waals surface area contributed by atoms with Gasteiger partial charge < -0.3 is 25.5 Å². The first-order chi connectivity index (χ1) is 15.4. The molecule has 0 radical (unpaired) electrons. The predicted molar refractivity (Wildman–Crippen MR) is 122 cm³/mol. The lowest BCUT2D eigenvalue weighted by Gasteiger charge is -2.26. The molecule has 1 heterocycles. The third-order valence-electron chi connectivity index (χ3n) is 4.89. The first-order valence-corrected chi connectivity index (χ1v) is 10.4. The lowest BCUT2D eigenvalue weighted by atomic mass is 10.1. The molecule has 0 atom stereocenters. The SMILES string of the molecule is CN(C)C(=O)c1cccc(NC(=O)CO/N=C(/N)c2cccc(CN3CCOCC3)c2)c1. The number of benzene rings is 2. The number of oxime groups is 1. The number of amides is 2. The smallest absolute Gasteiger partial charge is 0.265 e. The van der Waals surface area contributed by atoms with Crippen molar-refractivity contribution in [1.82, 2.24) is 9.80 Å². The number of amidine groups is 1. The molecular weight excluding hydrogens is 410 g/mol. The Morgan fingerprint density at radius 2 is 1.84 bits per heavy atom. The summed E-state index contributed by atoms with van der Waals surface area (Å²) in [5.41, 5.74) is 8.86. The molecule has 3 N–H and O–H groups in total. The highest BCUT2D eigenvalue weighted by molar-refractivity contribution is 5.98. The summed E-state index contributed by atoms with van der Waals surface area (Å²) in [6, 6.07) is 14.5. The Balaban J connectivity index is 1.52. The van der Waals surface area contributed by atoms with E-state index in [1.54, 1.807) is 38.4 Å². The molecule has 1 aliphatic rings. The highest BCUT2D eigenvalue weighted by Gasteiger charge is 2.12. The minimum atomic E-state index is -0.405. The second-order valence-electron chi connectivity index (χ2n) is 7.67. The standard InChI is InChI=1S/C23H29N5O4/c1-27(2)23(30)19-7-4-8-20(14-19)25-21(29)16-32-26-22(24)18-6-3-5-17(13-18)15-28-9-11-31-12-10-28/h3-8,13-14H,9-12,15-16H2,1-2H3,(H2,24,26)(H,25,29). The van der Waals surface area contributed by atoms with E-state index in [-0.39, 0.29) is 18.3 Å². The largest absolute Gasteiger partial charge is 0.384 e. The Bertz CT molecular complexity index is 970. The normalized spacial score (nSPS) is 14.6. The van der Waals surface area contributed by atoms with Gasteiger partial charge in [-0.25, -0.2) is 0 Å². The summed E-state index contributed by atoms with van der Waals surface area (Å²) in [5.74, 6) is -0.358. The third kappa shape index (κ3) is 6.79. The summed E-state index contributed by atoms with van der Waals surface area (Å²) in [5, 5.41) is 6.56. The van der Waals surface area contributed by atoms with Gasteiger partial charge in [0.2, 0.25) is 0 Å². The molecule has 2 aromatic carbocycles. The summed E-state index contributed by atoms with van der Waals surface area (Å²) in [7, 11) is 3.34. The topological polar surface area (TPSA) is 109 Å². The van der Waals surface area contributed by atoms with Crippen molar-refractivity contribution in [3.63, 3.8) is 0 Å². The fourth-order valence-corrected chi connectivity index (χ4v) is 3.24. The number of hydrogen-bond acceptors (Lipinski definition) is 6. The fraction of sp³-hybridized carbons (Fsp3) is 0.348. The average molecular weight is 440 g/mol. The van der Waals surface area contributed by atoms with Gasteiger partial charge in [-0.3, -0.25) is 14.5 Å². The van der Waals surface area contributed by atoms with E-state index >= 15 is 0 Å². The molecule has 1 aliphatic heterocycles. The zero-order valence-electron chi connectivity index (χ0n) is 18.4. The minimum Gasteiger partial charge on any atom is -0.384 e. The molecular formula is C23H29N5O4. The molecule has 2 aromatic rings. The maximum Gasteiger partial charge on any atom is 0.265 e. The summed E-state index contributed by atoms with van der Waals surface area (Å²) >= 11 is 0. The predicted octanol–water partition coefficient (Wildman–Crippen LogP) is 1.50. The number of carbonyl (C=O) groups is 2. The van der Waals surface area contributed by atoms with E-state index < -0.39 is 5.91 Å². The molecule has 0 aliphatic carbocycles. The number of anilines is 1. The molecule has 9 nitrogen and oxygen atoms in total. The fourth-order valence-electron chi connectivity index (χ4n) is 3.24. The van der Waals surface area contributed by atoms with E-state index in [0.29, 0.717) is 11.3 Å². The van der Waals surface area contributed by atoms with Crippen molar-refractivity contribution in [2.75, 3.05) is 52.3 Å². The van der Waals surface area contributed by atoms with E-state index in [1.807, 2.05) is 24.3 Å². The highest BCUT2D eigenvalue weighted by atomic mass is 16.6. The van der Waals surface area contributed by atoms with Gasteiger partial charge in [-0.15, -0.1) is 0 Å². The summed E-state index contributed by atoms with van der Waals surface area (Å²) < 4.78 is 5.38. The van der Waals surface area contributed by atoms with Gasteiger partial charge in [0.1, 0.15) is 0 Å². The zero-order chi connectivity index (χ0) is 22.9. The van der Waals surface area contributed by atoms with Gasteiger partial charge in [-0.2, -0.15) is 0 Å². The van der Waals surface area contributed by atoms with Gasteiger partial charge in [0.15, 0.2) is 12.4 Å². The Labute approximate surface area is 187 Å². The quantitative estimate of drug-likeness (QED) is 0.367. The highest BCUT2D eigenvalue weighted by Crippen LogP contribution is 2.12. The van der Waals surface area contributed by atoms with Crippen LogP contribution in [0, 0.1) is 0 Å². The summed E-state index contributed by atoms with van der Waals surface area (Å²) in [6.45, 7) is 3.80. The van der Waals surface area contributed by atoms with Gasteiger partial charge in [-0.05, 0) is 29.8 Å². The second-order valence-corrected chi connectivity index (χ2v) is 7.67. The van der Waals surface area contributed by atoms with Crippen LogP contribution < -0.4 is 11.1 Å². The Kier molecular flexibility index (Phi) is 8.18. The maximum absolute atomic E-state index is 12.2. The van der Waals surface area contributed by atoms with Crippen LogP contribution in [0.4, 0.5) is 5.69 Å². The molecule has 0 unspecified atom stereocenters. The third-order valence-corrected chi connectivity index (χ3v) is 4.89. The van der Waals surface area contributed by atoms with Crippen LogP contribution in [0.3, 0.4) is 0 Å². The second kappa shape index (κ2) is 11.3. The Hall–Kier alpha value is -3.43. The van der Waals surface area contributed by atoms with Crippen LogP contribution >= 0.6 is 0 Å².